The second kappa shape index (κ2) is 8.24. The summed E-state index contributed by atoms with van der Waals surface area (Å²) in [5, 5.41) is 22.1. The molecule has 26 heavy (non-hydrogen) atoms. The third kappa shape index (κ3) is 3.83. The molecule has 2 aromatic rings. The molecule has 1 aromatic heterocycles. The number of carbonyl (C=O) groups excluding carboxylic acids is 1. The minimum Gasteiger partial charge on any atom is -0.337 e. The highest BCUT2D eigenvalue weighted by Gasteiger charge is 2.29. The SMILES string of the molecule is CNCC1CCN(C(=O)c2nnn(-c3cccc([N+](=O)[O-])c3)c2C)C1.Cl. The smallest absolute Gasteiger partial charge is 0.276 e. The van der Waals surface area contributed by atoms with Gasteiger partial charge in [0.05, 0.1) is 16.3 Å². The molecule has 1 saturated heterocycles. The van der Waals surface area contributed by atoms with Gasteiger partial charge in [-0.25, -0.2) is 4.68 Å². The van der Waals surface area contributed by atoms with Crippen molar-refractivity contribution in [3.8, 4) is 5.69 Å². The lowest BCUT2D eigenvalue weighted by Gasteiger charge is -2.15. The van der Waals surface area contributed by atoms with Gasteiger partial charge < -0.3 is 10.2 Å². The van der Waals surface area contributed by atoms with Crippen molar-refractivity contribution < 1.29 is 9.72 Å². The first kappa shape index (κ1) is 19.8. The zero-order valence-electron chi connectivity index (χ0n) is 14.6. The minimum atomic E-state index is -0.464. The van der Waals surface area contributed by atoms with E-state index in [1.807, 2.05) is 7.05 Å². The molecule has 140 valence electrons. The zero-order chi connectivity index (χ0) is 18.0. The number of likely N-dealkylation sites (tertiary alicyclic amines) is 1. The van der Waals surface area contributed by atoms with Gasteiger partial charge in [0, 0.05) is 25.2 Å². The number of hydrogen-bond donors (Lipinski definition) is 1. The Morgan fingerprint density at radius 1 is 1.46 bits per heavy atom. The number of hydrogen-bond acceptors (Lipinski definition) is 6. The van der Waals surface area contributed by atoms with Crippen LogP contribution in [0.25, 0.3) is 5.69 Å². The lowest BCUT2D eigenvalue weighted by atomic mass is 10.1. The van der Waals surface area contributed by atoms with E-state index in [0.717, 1.165) is 13.0 Å². The van der Waals surface area contributed by atoms with Crippen LogP contribution in [0.3, 0.4) is 0 Å². The summed E-state index contributed by atoms with van der Waals surface area (Å²) in [5.74, 6) is 0.300. The second-order valence-corrected chi connectivity index (χ2v) is 6.18. The Balaban J connectivity index is 0.00000243. The van der Waals surface area contributed by atoms with Crippen molar-refractivity contribution in [1.82, 2.24) is 25.2 Å². The van der Waals surface area contributed by atoms with Crippen LogP contribution in [0.15, 0.2) is 24.3 Å². The number of amides is 1. The summed E-state index contributed by atoms with van der Waals surface area (Å²) in [6.07, 6.45) is 0.963. The molecule has 2 heterocycles. The number of halogens is 1. The Morgan fingerprint density at radius 2 is 2.23 bits per heavy atom. The number of nitrogens with one attached hydrogen (secondary N) is 1. The van der Waals surface area contributed by atoms with Crippen LogP contribution in [0, 0.1) is 23.0 Å². The Kier molecular flexibility index (Phi) is 6.27. The third-order valence-electron chi connectivity index (χ3n) is 4.45. The molecule has 1 aromatic carbocycles. The summed E-state index contributed by atoms with van der Waals surface area (Å²) in [4.78, 5) is 25.0. The summed E-state index contributed by atoms with van der Waals surface area (Å²) in [7, 11) is 1.90. The minimum absolute atomic E-state index is 0. The summed E-state index contributed by atoms with van der Waals surface area (Å²) in [5.41, 5.74) is 1.33. The lowest BCUT2D eigenvalue weighted by Crippen LogP contribution is -2.31. The van der Waals surface area contributed by atoms with Crippen LogP contribution in [0.5, 0.6) is 0 Å². The van der Waals surface area contributed by atoms with Crippen molar-refractivity contribution in [2.45, 2.75) is 13.3 Å². The van der Waals surface area contributed by atoms with Crippen LogP contribution in [-0.4, -0.2) is 57.4 Å². The summed E-state index contributed by atoms with van der Waals surface area (Å²) < 4.78 is 1.46. The number of nitro benzene ring substituents is 1. The van der Waals surface area contributed by atoms with Crippen molar-refractivity contribution >= 4 is 24.0 Å². The van der Waals surface area contributed by atoms with Gasteiger partial charge in [-0.15, -0.1) is 17.5 Å². The Hall–Kier alpha value is -2.52. The van der Waals surface area contributed by atoms with Gasteiger partial charge in [0.15, 0.2) is 5.69 Å². The van der Waals surface area contributed by atoms with Gasteiger partial charge in [-0.05, 0) is 38.9 Å². The summed E-state index contributed by atoms with van der Waals surface area (Å²) in [6, 6.07) is 6.10. The highest BCUT2D eigenvalue weighted by Crippen LogP contribution is 2.21. The highest BCUT2D eigenvalue weighted by atomic mass is 35.5. The van der Waals surface area contributed by atoms with Gasteiger partial charge in [-0.2, -0.15) is 0 Å². The van der Waals surface area contributed by atoms with Gasteiger partial charge in [0.1, 0.15) is 0 Å². The molecule has 1 atom stereocenters. The molecule has 0 spiro atoms. The number of carbonyl (C=O) groups is 1. The Labute approximate surface area is 156 Å². The molecule has 1 fully saturated rings. The molecule has 1 aliphatic heterocycles. The number of benzene rings is 1. The van der Waals surface area contributed by atoms with E-state index in [9.17, 15) is 14.9 Å². The topological polar surface area (TPSA) is 106 Å². The van der Waals surface area contributed by atoms with Crippen molar-refractivity contribution in [2.24, 2.45) is 5.92 Å². The van der Waals surface area contributed by atoms with Crippen molar-refractivity contribution in [1.29, 1.82) is 0 Å². The van der Waals surface area contributed by atoms with Gasteiger partial charge in [-0.1, -0.05) is 11.3 Å². The fourth-order valence-electron chi connectivity index (χ4n) is 3.13. The van der Waals surface area contributed by atoms with E-state index in [4.69, 9.17) is 0 Å². The maximum absolute atomic E-state index is 12.7. The summed E-state index contributed by atoms with van der Waals surface area (Å²) in [6.45, 7) is 4.02. The second-order valence-electron chi connectivity index (χ2n) is 6.18. The molecule has 1 unspecified atom stereocenters. The first-order valence-electron chi connectivity index (χ1n) is 8.12. The molecule has 0 bridgehead atoms. The van der Waals surface area contributed by atoms with Gasteiger partial charge in [0.2, 0.25) is 0 Å². The molecular formula is C16H21ClN6O3. The lowest BCUT2D eigenvalue weighted by molar-refractivity contribution is -0.384. The molecule has 1 N–H and O–H groups in total. The first-order chi connectivity index (χ1) is 12.0. The molecule has 10 heteroatoms. The molecule has 1 amide bonds. The fourth-order valence-corrected chi connectivity index (χ4v) is 3.13. The molecule has 0 saturated carbocycles. The maximum atomic E-state index is 12.7. The predicted molar refractivity (Wildman–Crippen MR) is 97.9 cm³/mol. The molecule has 3 rings (SSSR count). The van der Waals surface area contributed by atoms with Gasteiger partial charge in [0.25, 0.3) is 11.6 Å². The Bertz CT molecular complexity index is 809. The van der Waals surface area contributed by atoms with E-state index in [2.05, 4.69) is 15.6 Å². The van der Waals surface area contributed by atoms with Gasteiger partial charge in [-0.3, -0.25) is 14.9 Å². The van der Waals surface area contributed by atoms with Crippen LogP contribution in [0.2, 0.25) is 0 Å². The molecule has 0 aliphatic carbocycles. The van der Waals surface area contributed by atoms with Gasteiger partial charge >= 0.3 is 0 Å². The van der Waals surface area contributed by atoms with E-state index < -0.39 is 4.92 Å². The van der Waals surface area contributed by atoms with E-state index in [1.165, 1.54) is 16.8 Å². The monoisotopic (exact) mass is 380 g/mol. The molecular weight excluding hydrogens is 360 g/mol. The van der Waals surface area contributed by atoms with Crippen LogP contribution in [-0.2, 0) is 0 Å². The van der Waals surface area contributed by atoms with Crippen LogP contribution >= 0.6 is 12.4 Å². The van der Waals surface area contributed by atoms with Crippen LogP contribution in [0.1, 0.15) is 22.6 Å². The average molecular weight is 381 g/mol. The number of aromatic nitrogens is 3. The first-order valence-corrected chi connectivity index (χ1v) is 8.12. The van der Waals surface area contributed by atoms with Crippen LogP contribution < -0.4 is 5.32 Å². The zero-order valence-corrected chi connectivity index (χ0v) is 15.4. The third-order valence-corrected chi connectivity index (χ3v) is 4.45. The standard InChI is InChI=1S/C16H20N6O3.ClH/c1-11-15(16(23)20-7-6-12(10-20)9-17-2)18-19-21(11)13-4-3-5-14(8-13)22(24)25;/h3-5,8,12,17H,6-7,9-10H2,1-2H3;1H. The number of non-ortho nitro benzene ring substituents is 1. The number of nitrogens with zero attached hydrogens (tertiary/aromatic N) is 5. The predicted octanol–water partition coefficient (Wildman–Crippen LogP) is 1.59. The number of rotatable bonds is 5. The van der Waals surface area contributed by atoms with E-state index in [0.29, 0.717) is 30.4 Å². The van der Waals surface area contributed by atoms with Crippen LogP contribution in [0.4, 0.5) is 5.69 Å². The average Bonchev–Trinajstić information content (AvgIpc) is 3.21. The Morgan fingerprint density at radius 3 is 2.92 bits per heavy atom. The number of nitro groups is 1. The fraction of sp³-hybridized carbons (Fsp3) is 0.438. The largest absolute Gasteiger partial charge is 0.337 e. The van der Waals surface area contributed by atoms with E-state index >= 15 is 0 Å². The van der Waals surface area contributed by atoms with E-state index in [1.54, 1.807) is 24.0 Å². The maximum Gasteiger partial charge on any atom is 0.276 e. The molecule has 0 radical (unpaired) electrons. The van der Waals surface area contributed by atoms with Crippen molar-refractivity contribution in [2.75, 3.05) is 26.7 Å². The highest BCUT2D eigenvalue weighted by molar-refractivity contribution is 5.93. The van der Waals surface area contributed by atoms with Crippen molar-refractivity contribution in [3.05, 3.63) is 45.8 Å². The molecule has 1 aliphatic rings. The quantitative estimate of drug-likeness (QED) is 0.623. The van der Waals surface area contributed by atoms with E-state index in [-0.39, 0.29) is 29.7 Å². The van der Waals surface area contributed by atoms with Crippen molar-refractivity contribution in [3.63, 3.8) is 0 Å². The normalized spacial score (nSPS) is 16.4. The molecule has 9 nitrogen and oxygen atoms in total. The summed E-state index contributed by atoms with van der Waals surface area (Å²) >= 11 is 0.